The highest BCUT2D eigenvalue weighted by Crippen LogP contribution is 2.31. The molecule has 6 heteroatoms. The van der Waals surface area contributed by atoms with Gasteiger partial charge in [-0.05, 0) is 29.7 Å². The molecule has 0 unspecified atom stereocenters. The number of anilines is 1. The molecule has 1 aromatic heterocycles. The lowest BCUT2D eigenvalue weighted by Crippen LogP contribution is -1.85. The summed E-state index contributed by atoms with van der Waals surface area (Å²) in [4.78, 5) is 4.06. The SMILES string of the molecule is Nc1nsc(-c2ccc(Br)cc2Cl)n1. The molecule has 14 heavy (non-hydrogen) atoms. The second kappa shape index (κ2) is 3.84. The van der Waals surface area contributed by atoms with Gasteiger partial charge in [-0.1, -0.05) is 27.5 Å². The smallest absolute Gasteiger partial charge is 0.232 e. The minimum absolute atomic E-state index is 0.281. The molecule has 0 amide bonds. The molecule has 0 spiro atoms. The number of hydrogen-bond acceptors (Lipinski definition) is 4. The van der Waals surface area contributed by atoms with Gasteiger partial charge in [-0.25, -0.2) is 0 Å². The zero-order valence-corrected chi connectivity index (χ0v) is 10.0. The Hall–Kier alpha value is -0.650. The molecule has 2 N–H and O–H groups in total. The summed E-state index contributed by atoms with van der Waals surface area (Å²) in [6.07, 6.45) is 0. The third-order valence-corrected chi connectivity index (χ3v) is 3.17. The molecular weight excluding hydrogens is 286 g/mol. The number of nitrogens with two attached hydrogens (primary N) is 1. The summed E-state index contributed by atoms with van der Waals surface area (Å²) in [5.41, 5.74) is 6.28. The van der Waals surface area contributed by atoms with E-state index in [0.717, 1.165) is 15.0 Å². The monoisotopic (exact) mass is 289 g/mol. The van der Waals surface area contributed by atoms with Gasteiger partial charge in [0.15, 0.2) is 0 Å². The molecule has 0 atom stereocenters. The summed E-state index contributed by atoms with van der Waals surface area (Å²) in [7, 11) is 0. The highest BCUT2D eigenvalue weighted by molar-refractivity contribution is 9.10. The fourth-order valence-corrected chi connectivity index (χ4v) is 2.46. The van der Waals surface area contributed by atoms with Crippen molar-refractivity contribution in [3.8, 4) is 10.6 Å². The quantitative estimate of drug-likeness (QED) is 0.877. The molecular formula is C8H5BrClN3S. The standard InChI is InChI=1S/C8H5BrClN3S/c9-4-1-2-5(6(10)3-4)7-12-8(11)13-14-7/h1-3H,(H2,11,13). The second-order valence-corrected chi connectivity index (χ2v) is 4.66. The van der Waals surface area contributed by atoms with Crippen molar-refractivity contribution >= 4 is 45.0 Å². The van der Waals surface area contributed by atoms with Crippen molar-refractivity contribution < 1.29 is 0 Å². The van der Waals surface area contributed by atoms with Crippen molar-refractivity contribution in [3.05, 3.63) is 27.7 Å². The van der Waals surface area contributed by atoms with Crippen molar-refractivity contribution in [2.45, 2.75) is 0 Å². The van der Waals surface area contributed by atoms with E-state index in [1.165, 1.54) is 11.5 Å². The van der Waals surface area contributed by atoms with Crippen molar-refractivity contribution in [2.24, 2.45) is 0 Å². The number of nitrogens with zero attached hydrogens (tertiary/aromatic N) is 2. The first-order valence-electron chi connectivity index (χ1n) is 3.71. The Kier molecular flexibility index (Phi) is 2.71. The maximum absolute atomic E-state index is 6.04. The zero-order valence-electron chi connectivity index (χ0n) is 6.87. The third kappa shape index (κ3) is 1.89. The average Bonchev–Trinajstić information content (AvgIpc) is 2.51. The van der Waals surface area contributed by atoms with E-state index in [2.05, 4.69) is 25.3 Å². The van der Waals surface area contributed by atoms with Crippen LogP contribution in [0.15, 0.2) is 22.7 Å². The molecule has 0 saturated heterocycles. The molecule has 0 aliphatic rings. The highest BCUT2D eigenvalue weighted by atomic mass is 79.9. The lowest BCUT2D eigenvalue weighted by molar-refractivity contribution is 1.34. The van der Waals surface area contributed by atoms with Gasteiger partial charge >= 0.3 is 0 Å². The van der Waals surface area contributed by atoms with E-state index in [4.69, 9.17) is 17.3 Å². The Morgan fingerprint density at radius 2 is 2.21 bits per heavy atom. The first-order chi connectivity index (χ1) is 6.66. The van der Waals surface area contributed by atoms with Crippen LogP contribution in [0.4, 0.5) is 5.95 Å². The Bertz CT molecular complexity index is 471. The van der Waals surface area contributed by atoms with Gasteiger partial charge in [-0.3, -0.25) is 0 Å². The number of rotatable bonds is 1. The van der Waals surface area contributed by atoms with E-state index in [1.807, 2.05) is 18.2 Å². The predicted octanol–water partition coefficient (Wildman–Crippen LogP) is 3.20. The summed E-state index contributed by atoms with van der Waals surface area (Å²) < 4.78 is 4.83. The molecule has 72 valence electrons. The van der Waals surface area contributed by atoms with E-state index in [9.17, 15) is 0 Å². The topological polar surface area (TPSA) is 51.8 Å². The molecule has 0 fully saturated rings. The van der Waals surface area contributed by atoms with Crippen LogP contribution in [0.1, 0.15) is 0 Å². The van der Waals surface area contributed by atoms with Gasteiger partial charge in [-0.15, -0.1) is 0 Å². The molecule has 0 aliphatic heterocycles. The van der Waals surface area contributed by atoms with Crippen LogP contribution >= 0.6 is 39.1 Å². The van der Waals surface area contributed by atoms with Gasteiger partial charge < -0.3 is 5.73 Å². The van der Waals surface area contributed by atoms with Gasteiger partial charge in [0.2, 0.25) is 5.95 Å². The number of halogens is 2. The largest absolute Gasteiger partial charge is 0.367 e. The molecule has 2 rings (SSSR count). The van der Waals surface area contributed by atoms with Crippen molar-refractivity contribution in [1.29, 1.82) is 0 Å². The van der Waals surface area contributed by atoms with Crippen LogP contribution < -0.4 is 5.73 Å². The maximum atomic E-state index is 6.04. The zero-order chi connectivity index (χ0) is 10.1. The molecule has 1 aromatic carbocycles. The number of hydrogen-bond donors (Lipinski definition) is 1. The minimum atomic E-state index is 0.281. The number of aromatic nitrogens is 2. The molecule has 0 aliphatic carbocycles. The molecule has 0 radical (unpaired) electrons. The van der Waals surface area contributed by atoms with Crippen LogP contribution in [0.3, 0.4) is 0 Å². The minimum Gasteiger partial charge on any atom is -0.367 e. The van der Waals surface area contributed by atoms with Crippen molar-refractivity contribution in [2.75, 3.05) is 5.73 Å². The Morgan fingerprint density at radius 1 is 1.43 bits per heavy atom. The van der Waals surface area contributed by atoms with E-state index in [1.54, 1.807) is 0 Å². The van der Waals surface area contributed by atoms with Gasteiger partial charge in [-0.2, -0.15) is 9.36 Å². The normalized spacial score (nSPS) is 10.4. The van der Waals surface area contributed by atoms with Gasteiger partial charge in [0.05, 0.1) is 5.02 Å². The molecule has 2 aromatic rings. The van der Waals surface area contributed by atoms with Crippen LogP contribution in [0, 0.1) is 0 Å². The Balaban J connectivity index is 2.52. The van der Waals surface area contributed by atoms with E-state index in [-0.39, 0.29) is 5.95 Å². The van der Waals surface area contributed by atoms with Crippen molar-refractivity contribution in [1.82, 2.24) is 9.36 Å². The maximum Gasteiger partial charge on any atom is 0.232 e. The molecule has 0 bridgehead atoms. The molecule has 3 nitrogen and oxygen atoms in total. The lowest BCUT2D eigenvalue weighted by Gasteiger charge is -1.99. The van der Waals surface area contributed by atoms with Gasteiger partial charge in [0.25, 0.3) is 0 Å². The van der Waals surface area contributed by atoms with Crippen LogP contribution in [-0.4, -0.2) is 9.36 Å². The van der Waals surface area contributed by atoms with Crippen LogP contribution in [0.2, 0.25) is 5.02 Å². The van der Waals surface area contributed by atoms with Crippen LogP contribution in [0.5, 0.6) is 0 Å². The summed E-state index contributed by atoms with van der Waals surface area (Å²) >= 11 is 10.6. The summed E-state index contributed by atoms with van der Waals surface area (Å²) in [6, 6.07) is 5.60. The highest BCUT2D eigenvalue weighted by Gasteiger charge is 2.08. The van der Waals surface area contributed by atoms with E-state index < -0.39 is 0 Å². The second-order valence-electron chi connectivity index (χ2n) is 2.58. The van der Waals surface area contributed by atoms with Gasteiger partial charge in [0, 0.05) is 10.0 Å². The summed E-state index contributed by atoms with van der Waals surface area (Å²) in [5.74, 6) is 0.281. The molecule has 1 heterocycles. The summed E-state index contributed by atoms with van der Waals surface area (Å²) in [5, 5.41) is 1.37. The Labute approximate surface area is 98.2 Å². The Morgan fingerprint density at radius 3 is 2.79 bits per heavy atom. The third-order valence-electron chi connectivity index (χ3n) is 1.60. The van der Waals surface area contributed by atoms with Crippen LogP contribution in [0.25, 0.3) is 10.6 Å². The van der Waals surface area contributed by atoms with E-state index in [0.29, 0.717) is 5.02 Å². The number of nitrogen functional groups attached to an aromatic ring is 1. The lowest BCUT2D eigenvalue weighted by atomic mass is 10.2. The van der Waals surface area contributed by atoms with Crippen molar-refractivity contribution in [3.63, 3.8) is 0 Å². The predicted molar refractivity (Wildman–Crippen MR) is 62.5 cm³/mol. The van der Waals surface area contributed by atoms with Gasteiger partial charge in [0.1, 0.15) is 5.01 Å². The first kappa shape index (κ1) is 9.89. The number of benzene rings is 1. The van der Waals surface area contributed by atoms with E-state index >= 15 is 0 Å². The first-order valence-corrected chi connectivity index (χ1v) is 5.66. The average molecular weight is 291 g/mol. The fraction of sp³-hybridized carbons (Fsp3) is 0. The summed E-state index contributed by atoms with van der Waals surface area (Å²) in [6.45, 7) is 0. The fourth-order valence-electron chi connectivity index (χ4n) is 1.01. The van der Waals surface area contributed by atoms with Crippen LogP contribution in [-0.2, 0) is 0 Å². The molecule has 0 saturated carbocycles.